The average molecular weight is 540 g/mol. The molecule has 0 atom stereocenters. The molecule has 0 bridgehead atoms. The first kappa shape index (κ1) is 26.3. The molecule has 1 aliphatic carbocycles. The zero-order valence-electron chi connectivity index (χ0n) is 20.6. The van der Waals surface area contributed by atoms with E-state index in [0.29, 0.717) is 43.0 Å². The number of benzene rings is 1. The Morgan fingerprint density at radius 2 is 1.65 bits per heavy atom. The number of rotatable bonds is 7. The number of hydrogen-bond acceptors (Lipinski definition) is 8. The summed E-state index contributed by atoms with van der Waals surface area (Å²) in [6.07, 6.45) is 1.58. The van der Waals surface area contributed by atoms with Crippen molar-refractivity contribution in [3.63, 3.8) is 0 Å². The molecule has 202 valence electrons. The Morgan fingerprint density at radius 1 is 1.00 bits per heavy atom. The number of fused-ring (bicyclic) bond motifs is 1. The maximum Gasteiger partial charge on any atom is 0.416 e. The second-order valence-electron chi connectivity index (χ2n) is 10.5. The Labute approximate surface area is 214 Å². The SMILES string of the molecule is O=C(CNc1ncnc2ccc(C(F)(F)F)cc12)CC1CN(C2CCC(N3CCS(=O)(=O)CC3)CC2)C1. The first-order valence-electron chi connectivity index (χ1n) is 12.8. The van der Waals surface area contributed by atoms with Gasteiger partial charge in [-0.25, -0.2) is 18.4 Å². The number of carbonyl (C=O) groups excluding carboxylic acids is 1. The van der Waals surface area contributed by atoms with Crippen molar-refractivity contribution in [1.82, 2.24) is 19.8 Å². The van der Waals surface area contributed by atoms with E-state index in [1.807, 2.05) is 0 Å². The van der Waals surface area contributed by atoms with Crippen molar-refractivity contribution in [3.05, 3.63) is 30.1 Å². The van der Waals surface area contributed by atoms with E-state index in [0.717, 1.165) is 50.9 Å². The fourth-order valence-electron chi connectivity index (χ4n) is 5.87. The summed E-state index contributed by atoms with van der Waals surface area (Å²) in [5.41, 5.74) is -0.399. The number of nitrogens with one attached hydrogen (secondary N) is 1. The molecular weight excluding hydrogens is 507 g/mol. The lowest BCUT2D eigenvalue weighted by atomic mass is 9.84. The third-order valence-corrected chi connectivity index (χ3v) is 9.60. The maximum atomic E-state index is 13.1. The number of anilines is 1. The van der Waals surface area contributed by atoms with Crippen LogP contribution in [0.4, 0.5) is 19.0 Å². The van der Waals surface area contributed by atoms with Gasteiger partial charge in [0.1, 0.15) is 12.1 Å². The minimum absolute atomic E-state index is 0.00662. The average Bonchev–Trinajstić information content (AvgIpc) is 2.84. The largest absolute Gasteiger partial charge is 0.416 e. The molecule has 3 fully saturated rings. The molecule has 1 aromatic heterocycles. The molecule has 1 aromatic carbocycles. The number of alkyl halides is 3. The Hall–Kier alpha value is -2.31. The van der Waals surface area contributed by atoms with E-state index in [-0.39, 0.29) is 35.0 Å². The summed E-state index contributed by atoms with van der Waals surface area (Å²) in [4.78, 5) is 25.4. The molecule has 3 heterocycles. The Balaban J connectivity index is 1.05. The number of halogens is 3. The predicted molar refractivity (Wildman–Crippen MR) is 134 cm³/mol. The number of sulfone groups is 1. The van der Waals surface area contributed by atoms with Crippen LogP contribution in [0.3, 0.4) is 0 Å². The van der Waals surface area contributed by atoms with E-state index in [9.17, 15) is 26.4 Å². The molecule has 0 radical (unpaired) electrons. The molecule has 1 N–H and O–H groups in total. The first-order chi connectivity index (χ1) is 17.6. The maximum absolute atomic E-state index is 13.1. The molecule has 2 saturated heterocycles. The number of Topliss-reactive ketones (excluding diaryl/α,β-unsaturated/α-hetero) is 1. The van der Waals surface area contributed by atoms with Crippen LogP contribution in [-0.4, -0.2) is 90.3 Å². The van der Waals surface area contributed by atoms with E-state index in [1.54, 1.807) is 0 Å². The number of likely N-dealkylation sites (tertiary alicyclic amines) is 1. The highest BCUT2D eigenvalue weighted by molar-refractivity contribution is 7.91. The monoisotopic (exact) mass is 539 g/mol. The van der Waals surface area contributed by atoms with Crippen molar-refractivity contribution in [2.75, 3.05) is 49.5 Å². The van der Waals surface area contributed by atoms with Crippen LogP contribution < -0.4 is 5.32 Å². The Kier molecular flexibility index (Phi) is 7.43. The van der Waals surface area contributed by atoms with Gasteiger partial charge in [-0.05, 0) is 49.8 Å². The summed E-state index contributed by atoms with van der Waals surface area (Å²) in [5, 5.41) is 3.15. The summed E-state index contributed by atoms with van der Waals surface area (Å²) in [7, 11) is -2.86. The van der Waals surface area contributed by atoms with Gasteiger partial charge in [0.25, 0.3) is 0 Å². The van der Waals surface area contributed by atoms with E-state index >= 15 is 0 Å². The highest BCUT2D eigenvalue weighted by Gasteiger charge is 2.37. The predicted octanol–water partition coefficient (Wildman–Crippen LogP) is 2.99. The van der Waals surface area contributed by atoms with Gasteiger partial charge in [-0.2, -0.15) is 13.2 Å². The molecule has 0 unspecified atom stereocenters. The molecule has 2 aromatic rings. The van der Waals surface area contributed by atoms with E-state index in [4.69, 9.17) is 0 Å². The van der Waals surface area contributed by atoms with E-state index in [1.165, 1.54) is 12.4 Å². The fourth-order valence-corrected chi connectivity index (χ4v) is 7.10. The lowest BCUT2D eigenvalue weighted by Crippen LogP contribution is -2.55. The second kappa shape index (κ2) is 10.5. The number of aromatic nitrogens is 2. The van der Waals surface area contributed by atoms with Crippen LogP contribution in [0.25, 0.3) is 10.9 Å². The van der Waals surface area contributed by atoms with Gasteiger partial charge in [-0.3, -0.25) is 14.6 Å². The number of carbonyl (C=O) groups is 1. The van der Waals surface area contributed by atoms with Crippen LogP contribution in [0.15, 0.2) is 24.5 Å². The molecule has 8 nitrogen and oxygen atoms in total. The van der Waals surface area contributed by atoms with Gasteiger partial charge in [0.05, 0.1) is 29.1 Å². The lowest BCUT2D eigenvalue weighted by molar-refractivity contribution is -0.137. The smallest absolute Gasteiger partial charge is 0.362 e. The fraction of sp³-hybridized carbons (Fsp3) is 0.640. The molecule has 0 spiro atoms. The van der Waals surface area contributed by atoms with Crippen molar-refractivity contribution in [2.45, 2.75) is 50.4 Å². The Morgan fingerprint density at radius 3 is 2.30 bits per heavy atom. The Bertz CT molecular complexity index is 1230. The number of nitrogens with zero attached hydrogens (tertiary/aromatic N) is 4. The lowest BCUT2D eigenvalue weighted by Gasteiger charge is -2.48. The molecule has 0 amide bonds. The van der Waals surface area contributed by atoms with Crippen LogP contribution in [0, 0.1) is 5.92 Å². The van der Waals surface area contributed by atoms with Crippen molar-refractivity contribution in [3.8, 4) is 0 Å². The zero-order valence-corrected chi connectivity index (χ0v) is 21.4. The normalized spacial score (nSPS) is 25.6. The van der Waals surface area contributed by atoms with Crippen LogP contribution in [0.5, 0.6) is 0 Å². The highest BCUT2D eigenvalue weighted by Crippen LogP contribution is 2.34. The quantitative estimate of drug-likeness (QED) is 0.574. The molecular formula is C25H32F3N5O3S. The molecule has 1 saturated carbocycles. The van der Waals surface area contributed by atoms with Crippen molar-refractivity contribution < 1.29 is 26.4 Å². The van der Waals surface area contributed by atoms with E-state index < -0.39 is 21.6 Å². The van der Waals surface area contributed by atoms with Gasteiger partial charge < -0.3 is 5.32 Å². The third-order valence-electron chi connectivity index (χ3n) is 8.00. The second-order valence-corrected chi connectivity index (χ2v) is 12.8. The topological polar surface area (TPSA) is 95.5 Å². The van der Waals surface area contributed by atoms with Crippen LogP contribution in [0.2, 0.25) is 0 Å². The van der Waals surface area contributed by atoms with Crippen molar-refractivity contribution >= 4 is 32.3 Å². The summed E-state index contributed by atoms with van der Waals surface area (Å²) in [6, 6.07) is 4.29. The number of hydrogen-bond donors (Lipinski definition) is 1. The van der Waals surface area contributed by atoms with Crippen LogP contribution in [0.1, 0.15) is 37.7 Å². The summed E-state index contributed by atoms with van der Waals surface area (Å²) >= 11 is 0. The standard InChI is InChI=1S/C25H32F3N5O3S/c26-25(27,28)18-1-6-23-22(12-18)24(31-16-30-23)29-13-21(34)11-17-14-33(15-17)20-4-2-19(3-5-20)32-7-9-37(35,36)10-8-32/h1,6,12,16-17,19-20H,2-5,7-11,13-15H2,(H,29,30,31). The minimum Gasteiger partial charge on any atom is -0.362 e. The first-order valence-corrected chi connectivity index (χ1v) is 14.7. The molecule has 2 aliphatic heterocycles. The highest BCUT2D eigenvalue weighted by atomic mass is 32.2. The van der Waals surface area contributed by atoms with Crippen molar-refractivity contribution in [2.24, 2.45) is 5.92 Å². The number of ketones is 1. The summed E-state index contributed by atoms with van der Waals surface area (Å²) < 4.78 is 62.7. The minimum atomic E-state index is -4.47. The van der Waals surface area contributed by atoms with Gasteiger partial charge in [0.15, 0.2) is 15.6 Å². The molecule has 5 rings (SSSR count). The summed E-state index contributed by atoms with van der Waals surface area (Å²) in [6.45, 7) is 3.07. The van der Waals surface area contributed by atoms with Gasteiger partial charge in [0.2, 0.25) is 0 Å². The van der Waals surface area contributed by atoms with Gasteiger partial charge in [0, 0.05) is 50.1 Å². The van der Waals surface area contributed by atoms with Crippen molar-refractivity contribution in [1.29, 1.82) is 0 Å². The van der Waals surface area contributed by atoms with Gasteiger partial charge in [-0.1, -0.05) is 0 Å². The summed E-state index contributed by atoms with van der Waals surface area (Å²) in [5.74, 6) is 1.06. The molecule has 12 heteroatoms. The third kappa shape index (κ3) is 6.23. The van der Waals surface area contributed by atoms with Crippen LogP contribution >= 0.6 is 0 Å². The molecule has 3 aliphatic rings. The van der Waals surface area contributed by atoms with Gasteiger partial charge in [-0.15, -0.1) is 0 Å². The van der Waals surface area contributed by atoms with Crippen LogP contribution in [-0.2, 0) is 20.8 Å². The van der Waals surface area contributed by atoms with Gasteiger partial charge >= 0.3 is 6.18 Å². The van der Waals surface area contributed by atoms with E-state index in [2.05, 4.69) is 25.1 Å². The zero-order chi connectivity index (χ0) is 26.2. The molecule has 37 heavy (non-hydrogen) atoms.